The van der Waals surface area contributed by atoms with Crippen LogP contribution in [0, 0.1) is 5.92 Å². The fourth-order valence-corrected chi connectivity index (χ4v) is 1.51. The zero-order chi connectivity index (χ0) is 15.0. The zero-order valence-electron chi connectivity index (χ0n) is 12.4. The average molecular weight is 277 g/mol. The number of carbonyl (C=O) groups excluding carboxylic acids is 2. The third kappa shape index (κ3) is 5.43. The van der Waals surface area contributed by atoms with E-state index in [0.29, 0.717) is 12.2 Å². The molecule has 0 aromatic heterocycles. The van der Waals surface area contributed by atoms with Gasteiger partial charge in [0, 0.05) is 11.5 Å². The minimum Gasteiger partial charge on any atom is -0.494 e. The molecule has 0 aliphatic rings. The van der Waals surface area contributed by atoms with E-state index in [1.165, 1.54) is 0 Å². The van der Waals surface area contributed by atoms with Crippen molar-refractivity contribution in [2.75, 3.05) is 13.2 Å². The van der Waals surface area contributed by atoms with Crippen LogP contribution in [-0.2, 0) is 4.79 Å². The molecule has 0 aliphatic carbocycles. The normalized spacial score (nSPS) is 10.4. The minimum absolute atomic E-state index is 0.0258. The molecule has 20 heavy (non-hydrogen) atoms. The third-order valence-electron chi connectivity index (χ3n) is 2.95. The second-order valence-electron chi connectivity index (χ2n) is 5.03. The van der Waals surface area contributed by atoms with E-state index >= 15 is 0 Å². The number of unbranched alkanes of at least 4 members (excludes halogenated alkanes) is 1. The molecule has 0 heterocycles. The van der Waals surface area contributed by atoms with Crippen molar-refractivity contribution in [2.24, 2.45) is 5.92 Å². The Kier molecular flexibility index (Phi) is 6.77. The Bertz CT molecular complexity index is 438. The van der Waals surface area contributed by atoms with Crippen LogP contribution in [0.3, 0.4) is 0 Å². The van der Waals surface area contributed by atoms with Gasteiger partial charge in [0.25, 0.3) is 5.91 Å². The maximum Gasteiger partial charge on any atom is 0.251 e. The first kappa shape index (κ1) is 16.2. The number of ether oxygens (including phenoxy) is 1. The second-order valence-corrected chi connectivity index (χ2v) is 5.03. The maximum absolute atomic E-state index is 11.8. The van der Waals surface area contributed by atoms with Gasteiger partial charge in [-0.15, -0.1) is 0 Å². The summed E-state index contributed by atoms with van der Waals surface area (Å²) in [5.41, 5.74) is 0.532. The minimum atomic E-state index is -0.237. The van der Waals surface area contributed by atoms with Crippen LogP contribution >= 0.6 is 0 Å². The predicted molar refractivity (Wildman–Crippen MR) is 79.0 cm³/mol. The summed E-state index contributed by atoms with van der Waals surface area (Å²) in [6.45, 7) is 6.50. The van der Waals surface area contributed by atoms with Gasteiger partial charge in [0.15, 0.2) is 5.78 Å². The quantitative estimate of drug-likeness (QED) is 0.743. The first-order valence-electron chi connectivity index (χ1n) is 7.08. The van der Waals surface area contributed by atoms with E-state index in [-0.39, 0.29) is 24.2 Å². The van der Waals surface area contributed by atoms with Crippen molar-refractivity contribution in [1.29, 1.82) is 0 Å². The van der Waals surface area contributed by atoms with Crippen LogP contribution in [0.4, 0.5) is 0 Å². The average Bonchev–Trinajstić information content (AvgIpc) is 2.45. The molecule has 110 valence electrons. The van der Waals surface area contributed by atoms with E-state index < -0.39 is 0 Å². The number of benzene rings is 1. The van der Waals surface area contributed by atoms with Crippen LogP contribution in [0.1, 0.15) is 44.0 Å². The van der Waals surface area contributed by atoms with Crippen LogP contribution in [0.25, 0.3) is 0 Å². The Hall–Kier alpha value is -1.84. The largest absolute Gasteiger partial charge is 0.494 e. The standard InChI is InChI=1S/C16H23NO3/c1-4-5-10-20-14-8-6-13(7-9-14)16(19)17-11-15(18)12(2)3/h6-9,12H,4-5,10-11H2,1-3H3,(H,17,19). The van der Waals surface area contributed by atoms with Gasteiger partial charge in [0.2, 0.25) is 0 Å². The van der Waals surface area contributed by atoms with Crippen molar-refractivity contribution in [3.8, 4) is 5.75 Å². The summed E-state index contributed by atoms with van der Waals surface area (Å²) in [5, 5.41) is 2.62. The first-order chi connectivity index (χ1) is 9.54. The molecule has 0 fully saturated rings. The highest BCUT2D eigenvalue weighted by Gasteiger charge is 2.10. The molecule has 0 saturated heterocycles. The molecule has 4 heteroatoms. The molecule has 0 atom stereocenters. The van der Waals surface area contributed by atoms with Crippen LogP contribution in [0.5, 0.6) is 5.75 Å². The lowest BCUT2D eigenvalue weighted by Crippen LogP contribution is -2.31. The van der Waals surface area contributed by atoms with Crippen molar-refractivity contribution in [2.45, 2.75) is 33.6 Å². The van der Waals surface area contributed by atoms with Crippen LogP contribution in [0.15, 0.2) is 24.3 Å². The van der Waals surface area contributed by atoms with Gasteiger partial charge < -0.3 is 10.1 Å². The lowest BCUT2D eigenvalue weighted by Gasteiger charge is -2.08. The first-order valence-corrected chi connectivity index (χ1v) is 7.08. The highest BCUT2D eigenvalue weighted by atomic mass is 16.5. The Morgan fingerprint density at radius 2 is 1.85 bits per heavy atom. The highest BCUT2D eigenvalue weighted by molar-refractivity contribution is 5.97. The van der Waals surface area contributed by atoms with Crippen LogP contribution in [0.2, 0.25) is 0 Å². The van der Waals surface area contributed by atoms with E-state index in [1.54, 1.807) is 24.3 Å². The van der Waals surface area contributed by atoms with Crippen molar-refractivity contribution >= 4 is 11.7 Å². The number of hydrogen-bond donors (Lipinski definition) is 1. The topological polar surface area (TPSA) is 55.4 Å². The lowest BCUT2D eigenvalue weighted by atomic mass is 10.1. The monoisotopic (exact) mass is 277 g/mol. The smallest absolute Gasteiger partial charge is 0.251 e. The van der Waals surface area contributed by atoms with Gasteiger partial charge >= 0.3 is 0 Å². The summed E-state index contributed by atoms with van der Waals surface area (Å²) < 4.78 is 5.52. The Labute approximate surface area is 120 Å². The van der Waals surface area contributed by atoms with Crippen molar-refractivity contribution in [3.05, 3.63) is 29.8 Å². The zero-order valence-corrected chi connectivity index (χ0v) is 12.4. The summed E-state index contributed by atoms with van der Waals surface area (Å²) in [6, 6.07) is 6.95. The van der Waals surface area contributed by atoms with Gasteiger partial charge in [0.05, 0.1) is 13.2 Å². The molecular weight excluding hydrogens is 254 g/mol. The molecule has 1 aromatic rings. The Balaban J connectivity index is 2.47. The van der Waals surface area contributed by atoms with Gasteiger partial charge in [-0.25, -0.2) is 0 Å². The van der Waals surface area contributed by atoms with Gasteiger partial charge in [0.1, 0.15) is 5.75 Å². The molecule has 4 nitrogen and oxygen atoms in total. The number of carbonyl (C=O) groups is 2. The molecule has 0 radical (unpaired) electrons. The van der Waals surface area contributed by atoms with E-state index in [0.717, 1.165) is 18.6 Å². The fraction of sp³-hybridized carbons (Fsp3) is 0.500. The summed E-state index contributed by atoms with van der Waals surface area (Å²) in [5.74, 6) is 0.481. The third-order valence-corrected chi connectivity index (χ3v) is 2.95. The SMILES string of the molecule is CCCCOc1ccc(C(=O)NCC(=O)C(C)C)cc1. The molecule has 0 spiro atoms. The number of hydrogen-bond acceptors (Lipinski definition) is 3. The van der Waals surface area contributed by atoms with Gasteiger partial charge in [-0.2, -0.15) is 0 Å². The van der Waals surface area contributed by atoms with Crippen LogP contribution < -0.4 is 10.1 Å². The number of amides is 1. The molecule has 1 aromatic carbocycles. The van der Waals surface area contributed by atoms with Crippen molar-refractivity contribution in [3.63, 3.8) is 0 Å². The Morgan fingerprint density at radius 1 is 1.20 bits per heavy atom. The Morgan fingerprint density at radius 3 is 2.40 bits per heavy atom. The molecule has 0 saturated carbocycles. The van der Waals surface area contributed by atoms with Crippen LogP contribution in [-0.4, -0.2) is 24.8 Å². The van der Waals surface area contributed by atoms with E-state index in [9.17, 15) is 9.59 Å². The molecule has 0 aliphatic heterocycles. The van der Waals surface area contributed by atoms with Crippen molar-refractivity contribution < 1.29 is 14.3 Å². The highest BCUT2D eigenvalue weighted by Crippen LogP contribution is 2.12. The van der Waals surface area contributed by atoms with Crippen molar-refractivity contribution in [1.82, 2.24) is 5.32 Å². The number of Topliss-reactive ketones (excluding diaryl/α,β-unsaturated/α-hetero) is 1. The number of ketones is 1. The second kappa shape index (κ2) is 8.35. The number of nitrogens with one attached hydrogen (secondary N) is 1. The van der Waals surface area contributed by atoms with Gasteiger partial charge in [-0.1, -0.05) is 27.2 Å². The lowest BCUT2D eigenvalue weighted by molar-refractivity contribution is -0.120. The molecular formula is C16H23NO3. The fourth-order valence-electron chi connectivity index (χ4n) is 1.51. The molecule has 1 rings (SSSR count). The predicted octanol–water partition coefficient (Wildman–Crippen LogP) is 2.82. The van der Waals surface area contributed by atoms with E-state index in [1.807, 2.05) is 13.8 Å². The molecule has 1 N–H and O–H groups in total. The van der Waals surface area contributed by atoms with E-state index in [4.69, 9.17) is 4.74 Å². The molecule has 0 bridgehead atoms. The maximum atomic E-state index is 11.8. The summed E-state index contributed by atoms with van der Waals surface area (Å²) in [4.78, 5) is 23.3. The van der Waals surface area contributed by atoms with E-state index in [2.05, 4.69) is 12.2 Å². The number of rotatable bonds is 8. The summed E-state index contributed by atoms with van der Waals surface area (Å²) in [6.07, 6.45) is 2.10. The molecule has 1 amide bonds. The van der Waals surface area contributed by atoms with Gasteiger partial charge in [-0.05, 0) is 30.7 Å². The summed E-state index contributed by atoms with van der Waals surface area (Å²) >= 11 is 0. The molecule has 0 unspecified atom stereocenters. The van der Waals surface area contributed by atoms with Gasteiger partial charge in [-0.3, -0.25) is 9.59 Å². The summed E-state index contributed by atoms with van der Waals surface area (Å²) in [7, 11) is 0.